The Morgan fingerprint density at radius 1 is 1.42 bits per heavy atom. The highest BCUT2D eigenvalue weighted by atomic mass is 16.5. The molecule has 0 aromatic heterocycles. The number of nitrogens with one attached hydrogen (secondary N) is 1. The quantitative estimate of drug-likeness (QED) is 0.905. The summed E-state index contributed by atoms with van der Waals surface area (Å²) in [4.78, 5) is 14.3. The first-order valence-electron chi connectivity index (χ1n) is 6.78. The molecule has 0 bridgehead atoms. The van der Waals surface area contributed by atoms with Gasteiger partial charge in [-0.2, -0.15) is 0 Å². The predicted octanol–water partition coefficient (Wildman–Crippen LogP) is 2.31. The highest BCUT2D eigenvalue weighted by Crippen LogP contribution is 2.33. The lowest BCUT2D eigenvalue weighted by Gasteiger charge is -2.23. The molecule has 1 N–H and O–H groups in total. The van der Waals surface area contributed by atoms with Gasteiger partial charge in [0.25, 0.3) is 0 Å². The second-order valence-corrected chi connectivity index (χ2v) is 5.10. The van der Waals surface area contributed by atoms with Crippen molar-refractivity contribution in [1.29, 1.82) is 0 Å². The molecule has 1 heterocycles. The largest absolute Gasteiger partial charge is 0.497 e. The average Bonchev–Trinajstić information content (AvgIpc) is 2.71. The summed E-state index contributed by atoms with van der Waals surface area (Å²) in [6.45, 7) is 6.71. The summed E-state index contributed by atoms with van der Waals surface area (Å²) in [5.74, 6) is 0.984. The summed E-state index contributed by atoms with van der Waals surface area (Å²) in [7, 11) is 1.65. The van der Waals surface area contributed by atoms with E-state index in [9.17, 15) is 4.79 Å². The number of rotatable bonds is 4. The van der Waals surface area contributed by atoms with Crippen LogP contribution in [-0.4, -0.2) is 30.0 Å². The van der Waals surface area contributed by atoms with Gasteiger partial charge >= 0.3 is 0 Å². The number of carbonyl (C=O) groups excluding carboxylic acids is 1. The van der Waals surface area contributed by atoms with Gasteiger partial charge in [-0.25, -0.2) is 0 Å². The number of likely N-dealkylation sites (N-methyl/N-ethyl adjacent to an activating group) is 1. The molecule has 1 fully saturated rings. The fraction of sp³-hybridized carbons (Fsp3) is 0.533. The Labute approximate surface area is 114 Å². The van der Waals surface area contributed by atoms with Crippen molar-refractivity contribution in [2.75, 3.05) is 13.7 Å². The van der Waals surface area contributed by atoms with Crippen molar-refractivity contribution < 1.29 is 9.53 Å². The zero-order valence-corrected chi connectivity index (χ0v) is 12.1. The molecule has 2 atom stereocenters. The van der Waals surface area contributed by atoms with Gasteiger partial charge in [0, 0.05) is 6.54 Å². The zero-order chi connectivity index (χ0) is 14.0. The molecule has 2 rings (SSSR count). The van der Waals surface area contributed by atoms with Crippen LogP contribution >= 0.6 is 0 Å². The number of hydrogen-bond acceptors (Lipinski definition) is 3. The van der Waals surface area contributed by atoms with Gasteiger partial charge in [0.05, 0.1) is 12.6 Å². The molecule has 1 saturated heterocycles. The first-order chi connectivity index (χ1) is 9.05. The van der Waals surface area contributed by atoms with Crippen molar-refractivity contribution in [3.8, 4) is 5.75 Å². The van der Waals surface area contributed by atoms with Crippen LogP contribution in [0, 0.1) is 0 Å². The average molecular weight is 262 g/mol. The predicted molar refractivity (Wildman–Crippen MR) is 75.0 cm³/mol. The summed E-state index contributed by atoms with van der Waals surface area (Å²) >= 11 is 0. The zero-order valence-electron chi connectivity index (χ0n) is 12.1. The molecule has 0 spiro atoms. The molecular formula is C15H22N2O2. The van der Waals surface area contributed by atoms with Crippen molar-refractivity contribution >= 4 is 5.91 Å². The van der Waals surface area contributed by atoms with E-state index in [1.807, 2.05) is 49.9 Å². The Hall–Kier alpha value is -1.55. The second-order valence-electron chi connectivity index (χ2n) is 5.10. The van der Waals surface area contributed by atoms with Crippen LogP contribution in [0.25, 0.3) is 0 Å². The van der Waals surface area contributed by atoms with Crippen molar-refractivity contribution in [2.45, 2.75) is 38.9 Å². The molecule has 0 radical (unpaired) electrons. The van der Waals surface area contributed by atoms with E-state index in [0.717, 1.165) is 17.7 Å². The van der Waals surface area contributed by atoms with E-state index in [4.69, 9.17) is 4.74 Å². The molecule has 1 aromatic carbocycles. The Morgan fingerprint density at radius 3 is 2.74 bits per heavy atom. The fourth-order valence-electron chi connectivity index (χ4n) is 2.53. The van der Waals surface area contributed by atoms with E-state index < -0.39 is 5.54 Å². The molecule has 19 heavy (non-hydrogen) atoms. The highest BCUT2D eigenvalue weighted by Gasteiger charge is 2.46. The number of benzene rings is 1. The Balaban J connectivity index is 2.35. The third-order valence-electron chi connectivity index (χ3n) is 3.96. The van der Waals surface area contributed by atoms with E-state index in [2.05, 4.69) is 5.32 Å². The van der Waals surface area contributed by atoms with Crippen molar-refractivity contribution in [3.05, 3.63) is 29.8 Å². The van der Waals surface area contributed by atoms with Gasteiger partial charge in [-0.3, -0.25) is 10.1 Å². The summed E-state index contributed by atoms with van der Waals surface area (Å²) in [6.07, 6.45) is 0.709. The van der Waals surface area contributed by atoms with E-state index in [1.54, 1.807) is 7.11 Å². The number of ether oxygens (including phenoxy) is 1. The van der Waals surface area contributed by atoms with Crippen molar-refractivity contribution in [1.82, 2.24) is 10.2 Å². The standard InChI is InChI=1S/C15H22N2O2/c1-5-15(3)14(18)17(6-2)13(16-15)11-8-7-9-12(10-11)19-4/h7-10,13,16H,5-6H2,1-4H3. The van der Waals surface area contributed by atoms with E-state index in [1.165, 1.54) is 0 Å². The lowest BCUT2D eigenvalue weighted by atomic mass is 9.99. The smallest absolute Gasteiger partial charge is 0.244 e. The molecule has 1 amide bonds. The van der Waals surface area contributed by atoms with Gasteiger partial charge in [-0.15, -0.1) is 0 Å². The van der Waals surface area contributed by atoms with Crippen LogP contribution in [-0.2, 0) is 4.79 Å². The van der Waals surface area contributed by atoms with Crippen molar-refractivity contribution in [2.24, 2.45) is 0 Å². The van der Waals surface area contributed by atoms with Crippen LogP contribution in [0.15, 0.2) is 24.3 Å². The molecule has 0 saturated carbocycles. The summed E-state index contributed by atoms with van der Waals surface area (Å²) in [5.41, 5.74) is 0.593. The summed E-state index contributed by atoms with van der Waals surface area (Å²) < 4.78 is 5.26. The van der Waals surface area contributed by atoms with Crippen LogP contribution < -0.4 is 10.1 Å². The summed E-state index contributed by atoms with van der Waals surface area (Å²) in [6, 6.07) is 7.87. The minimum absolute atomic E-state index is 0.0717. The van der Waals surface area contributed by atoms with Crippen LogP contribution in [0.5, 0.6) is 5.75 Å². The molecule has 1 aromatic rings. The van der Waals surface area contributed by atoms with Gasteiger partial charge in [0.1, 0.15) is 11.9 Å². The van der Waals surface area contributed by atoms with E-state index in [0.29, 0.717) is 6.54 Å². The monoisotopic (exact) mass is 262 g/mol. The Bertz CT molecular complexity index is 475. The van der Waals surface area contributed by atoms with Gasteiger partial charge in [-0.05, 0) is 38.0 Å². The number of hydrogen-bond donors (Lipinski definition) is 1. The van der Waals surface area contributed by atoms with Gasteiger partial charge < -0.3 is 9.64 Å². The van der Waals surface area contributed by atoms with E-state index in [-0.39, 0.29) is 12.1 Å². The first kappa shape index (κ1) is 13.9. The first-order valence-corrected chi connectivity index (χ1v) is 6.78. The second kappa shape index (κ2) is 5.21. The van der Waals surface area contributed by atoms with Crippen LogP contribution in [0.2, 0.25) is 0 Å². The maximum absolute atomic E-state index is 12.5. The minimum atomic E-state index is -0.468. The topological polar surface area (TPSA) is 41.6 Å². The maximum atomic E-state index is 12.5. The van der Waals surface area contributed by atoms with E-state index >= 15 is 0 Å². The maximum Gasteiger partial charge on any atom is 0.244 e. The van der Waals surface area contributed by atoms with Gasteiger partial charge in [-0.1, -0.05) is 19.1 Å². The molecule has 2 unspecified atom stereocenters. The molecule has 1 aliphatic heterocycles. The molecule has 4 heteroatoms. The van der Waals surface area contributed by atoms with Crippen molar-refractivity contribution in [3.63, 3.8) is 0 Å². The Morgan fingerprint density at radius 2 is 2.16 bits per heavy atom. The lowest BCUT2D eigenvalue weighted by Crippen LogP contribution is -2.42. The number of nitrogens with zero attached hydrogens (tertiary/aromatic N) is 1. The molecule has 0 aliphatic carbocycles. The third kappa shape index (κ3) is 2.32. The molecule has 4 nitrogen and oxygen atoms in total. The third-order valence-corrected chi connectivity index (χ3v) is 3.96. The van der Waals surface area contributed by atoms with Gasteiger partial charge in [0.2, 0.25) is 5.91 Å². The summed E-state index contributed by atoms with van der Waals surface area (Å²) in [5, 5.41) is 3.46. The van der Waals surface area contributed by atoms with Crippen LogP contribution in [0.1, 0.15) is 38.9 Å². The number of amides is 1. The number of carbonyl (C=O) groups is 1. The minimum Gasteiger partial charge on any atom is -0.497 e. The normalized spacial score (nSPS) is 26.8. The SMILES string of the molecule is CCN1C(=O)C(C)(CC)NC1c1cccc(OC)c1. The number of methoxy groups -OCH3 is 1. The van der Waals surface area contributed by atoms with Gasteiger partial charge in [0.15, 0.2) is 0 Å². The molecular weight excluding hydrogens is 240 g/mol. The fourth-order valence-corrected chi connectivity index (χ4v) is 2.53. The molecule has 104 valence electrons. The lowest BCUT2D eigenvalue weighted by molar-refractivity contribution is -0.132. The van der Waals surface area contributed by atoms with Crippen LogP contribution in [0.3, 0.4) is 0 Å². The van der Waals surface area contributed by atoms with Crippen LogP contribution in [0.4, 0.5) is 0 Å². The highest BCUT2D eigenvalue weighted by molar-refractivity contribution is 5.88. The molecule has 1 aliphatic rings. The Kier molecular flexibility index (Phi) is 3.80.